The van der Waals surface area contributed by atoms with Crippen molar-refractivity contribution in [3.8, 4) is 17.0 Å². The van der Waals surface area contributed by atoms with Crippen LogP contribution in [0.1, 0.15) is 35.5 Å². The predicted molar refractivity (Wildman–Crippen MR) is 113 cm³/mol. The topological polar surface area (TPSA) is 90.4 Å². The molecule has 0 saturated carbocycles. The summed E-state index contributed by atoms with van der Waals surface area (Å²) in [5, 5.41) is 20.6. The lowest BCUT2D eigenvalue weighted by Crippen LogP contribution is -2.18. The Morgan fingerprint density at radius 3 is 2.71 bits per heavy atom. The minimum atomic E-state index is -0.416. The molecule has 1 aromatic heterocycles. The minimum Gasteiger partial charge on any atom is -0.507 e. The molecule has 0 radical (unpaired) electrons. The van der Waals surface area contributed by atoms with Crippen molar-refractivity contribution in [1.82, 2.24) is 15.6 Å². The average molecular weight is 441 g/mol. The number of benzene rings is 2. The van der Waals surface area contributed by atoms with Crippen LogP contribution in [0.3, 0.4) is 0 Å². The SMILES string of the molecule is CC(C)Cc1ccc(-c2cc(C(=O)N/N=C\c3cc(Br)ccc3O)[nH]n2)cc1. The molecule has 1 amide bonds. The van der Waals surface area contributed by atoms with Crippen LogP contribution < -0.4 is 5.43 Å². The Morgan fingerprint density at radius 1 is 1.25 bits per heavy atom. The van der Waals surface area contributed by atoms with E-state index >= 15 is 0 Å². The fourth-order valence-electron chi connectivity index (χ4n) is 2.72. The third kappa shape index (κ3) is 5.07. The molecule has 7 heteroatoms. The molecule has 144 valence electrons. The number of hydrazone groups is 1. The monoisotopic (exact) mass is 440 g/mol. The Kier molecular flexibility index (Phi) is 6.26. The van der Waals surface area contributed by atoms with E-state index in [4.69, 9.17) is 0 Å². The van der Waals surface area contributed by atoms with Gasteiger partial charge in [-0.05, 0) is 42.2 Å². The lowest BCUT2D eigenvalue weighted by molar-refractivity contribution is 0.0950. The number of amides is 1. The summed E-state index contributed by atoms with van der Waals surface area (Å²) in [6, 6.07) is 14.8. The standard InChI is InChI=1S/C21H21BrN4O2/c1-13(2)9-14-3-5-15(6-4-14)18-11-19(25-24-18)21(28)26-23-12-16-10-17(22)7-8-20(16)27/h3-8,10-13,27H,9H2,1-2H3,(H,24,25)(H,26,28)/b23-12-. The second-order valence-electron chi connectivity index (χ2n) is 6.86. The van der Waals surface area contributed by atoms with Gasteiger partial charge in [-0.25, -0.2) is 5.43 Å². The van der Waals surface area contributed by atoms with E-state index in [0.717, 1.165) is 16.5 Å². The maximum atomic E-state index is 12.2. The molecule has 28 heavy (non-hydrogen) atoms. The summed E-state index contributed by atoms with van der Waals surface area (Å²) < 4.78 is 0.802. The van der Waals surface area contributed by atoms with Gasteiger partial charge in [-0.2, -0.15) is 10.2 Å². The summed E-state index contributed by atoms with van der Waals surface area (Å²) in [7, 11) is 0. The largest absolute Gasteiger partial charge is 0.507 e. The number of aromatic nitrogens is 2. The Bertz CT molecular complexity index is 994. The lowest BCUT2D eigenvalue weighted by Gasteiger charge is -2.05. The molecule has 0 bridgehead atoms. The number of rotatable bonds is 6. The molecule has 0 aliphatic heterocycles. The minimum absolute atomic E-state index is 0.0749. The first-order chi connectivity index (χ1) is 13.4. The zero-order valence-electron chi connectivity index (χ0n) is 15.6. The summed E-state index contributed by atoms with van der Waals surface area (Å²) in [6.07, 6.45) is 2.41. The number of aromatic amines is 1. The van der Waals surface area contributed by atoms with Crippen LogP contribution in [0, 0.1) is 5.92 Å². The number of H-pyrrole nitrogens is 1. The van der Waals surface area contributed by atoms with Gasteiger partial charge in [-0.3, -0.25) is 9.89 Å². The number of nitrogens with zero attached hydrogens (tertiary/aromatic N) is 2. The first-order valence-electron chi connectivity index (χ1n) is 8.89. The third-order valence-electron chi connectivity index (χ3n) is 4.08. The van der Waals surface area contributed by atoms with Gasteiger partial charge in [0.25, 0.3) is 5.91 Å². The number of aromatic hydroxyl groups is 1. The van der Waals surface area contributed by atoms with E-state index in [1.165, 1.54) is 11.8 Å². The molecule has 3 rings (SSSR count). The van der Waals surface area contributed by atoms with Gasteiger partial charge < -0.3 is 5.11 Å². The van der Waals surface area contributed by atoms with E-state index in [1.807, 2.05) is 12.1 Å². The maximum absolute atomic E-state index is 12.2. The summed E-state index contributed by atoms with van der Waals surface area (Å²) >= 11 is 3.32. The quantitative estimate of drug-likeness (QED) is 0.389. The van der Waals surface area contributed by atoms with Crippen LogP contribution in [0.4, 0.5) is 0 Å². The first-order valence-corrected chi connectivity index (χ1v) is 9.68. The molecule has 1 heterocycles. The highest BCUT2D eigenvalue weighted by Crippen LogP contribution is 2.21. The van der Waals surface area contributed by atoms with Crippen molar-refractivity contribution in [2.75, 3.05) is 0 Å². The molecule has 0 saturated heterocycles. The number of hydrogen-bond donors (Lipinski definition) is 3. The smallest absolute Gasteiger partial charge is 0.289 e. The summed E-state index contributed by atoms with van der Waals surface area (Å²) in [5.41, 5.74) is 6.11. The Morgan fingerprint density at radius 2 is 2.00 bits per heavy atom. The molecule has 3 N–H and O–H groups in total. The zero-order chi connectivity index (χ0) is 20.1. The van der Waals surface area contributed by atoms with Crippen molar-refractivity contribution >= 4 is 28.1 Å². The number of carbonyl (C=O) groups excluding carboxylic acids is 1. The van der Waals surface area contributed by atoms with Crippen molar-refractivity contribution in [1.29, 1.82) is 0 Å². The van der Waals surface area contributed by atoms with Crippen molar-refractivity contribution in [2.45, 2.75) is 20.3 Å². The first kappa shape index (κ1) is 19.8. The van der Waals surface area contributed by atoms with Gasteiger partial charge in [0, 0.05) is 15.6 Å². The van der Waals surface area contributed by atoms with Gasteiger partial charge in [0.1, 0.15) is 11.4 Å². The highest BCUT2D eigenvalue weighted by Gasteiger charge is 2.11. The molecular weight excluding hydrogens is 420 g/mol. The van der Waals surface area contributed by atoms with Crippen LogP contribution in [-0.4, -0.2) is 27.4 Å². The number of carbonyl (C=O) groups is 1. The van der Waals surface area contributed by atoms with E-state index in [-0.39, 0.29) is 5.75 Å². The molecule has 3 aromatic rings. The maximum Gasteiger partial charge on any atom is 0.289 e. The van der Waals surface area contributed by atoms with Crippen molar-refractivity contribution < 1.29 is 9.90 Å². The van der Waals surface area contributed by atoms with E-state index in [1.54, 1.807) is 24.3 Å². The molecule has 0 spiro atoms. The van der Waals surface area contributed by atoms with Gasteiger partial charge in [0.15, 0.2) is 0 Å². The molecule has 0 fully saturated rings. The second-order valence-corrected chi connectivity index (χ2v) is 7.78. The zero-order valence-corrected chi connectivity index (χ0v) is 17.2. The van der Waals surface area contributed by atoms with Crippen molar-refractivity contribution in [3.63, 3.8) is 0 Å². The number of nitrogens with one attached hydrogen (secondary N) is 2. The van der Waals surface area contributed by atoms with Gasteiger partial charge in [-0.1, -0.05) is 54.0 Å². The van der Waals surface area contributed by atoms with Crippen LogP contribution in [0.2, 0.25) is 0 Å². The van der Waals surface area contributed by atoms with Crippen LogP contribution in [-0.2, 0) is 6.42 Å². The number of phenols is 1. The molecule has 6 nitrogen and oxygen atoms in total. The van der Waals surface area contributed by atoms with E-state index in [9.17, 15) is 9.90 Å². The van der Waals surface area contributed by atoms with Gasteiger partial charge >= 0.3 is 0 Å². The number of phenolic OH excluding ortho intramolecular Hbond substituents is 1. The Labute approximate surface area is 171 Å². The molecule has 0 unspecified atom stereocenters. The highest BCUT2D eigenvalue weighted by molar-refractivity contribution is 9.10. The molecular formula is C21H21BrN4O2. The second kappa shape index (κ2) is 8.84. The molecule has 2 aromatic carbocycles. The van der Waals surface area contributed by atoms with Crippen molar-refractivity contribution in [2.24, 2.45) is 11.0 Å². The Hall–Kier alpha value is -2.93. The normalized spacial score (nSPS) is 11.3. The van der Waals surface area contributed by atoms with Gasteiger partial charge in [0.05, 0.1) is 11.9 Å². The number of hydrogen-bond acceptors (Lipinski definition) is 4. The lowest BCUT2D eigenvalue weighted by atomic mass is 10.0. The summed E-state index contributed by atoms with van der Waals surface area (Å²) in [6.45, 7) is 4.37. The third-order valence-corrected chi connectivity index (χ3v) is 4.57. The highest BCUT2D eigenvalue weighted by atomic mass is 79.9. The van der Waals surface area contributed by atoms with E-state index in [0.29, 0.717) is 22.9 Å². The van der Waals surface area contributed by atoms with E-state index < -0.39 is 5.91 Å². The number of halogens is 1. The van der Waals surface area contributed by atoms with E-state index in [2.05, 4.69) is 62.6 Å². The molecule has 0 atom stereocenters. The van der Waals surface area contributed by atoms with Crippen LogP contribution in [0.15, 0.2) is 58.1 Å². The van der Waals surface area contributed by atoms with Gasteiger partial charge in [-0.15, -0.1) is 0 Å². The fraction of sp³-hybridized carbons (Fsp3) is 0.190. The van der Waals surface area contributed by atoms with Crippen LogP contribution in [0.25, 0.3) is 11.3 Å². The molecule has 0 aliphatic rings. The van der Waals surface area contributed by atoms with Gasteiger partial charge in [0.2, 0.25) is 0 Å². The summed E-state index contributed by atoms with van der Waals surface area (Å²) in [5.74, 6) is 0.262. The molecule has 0 aliphatic carbocycles. The average Bonchev–Trinajstić information content (AvgIpc) is 3.15. The fourth-order valence-corrected chi connectivity index (χ4v) is 3.10. The van der Waals surface area contributed by atoms with Crippen LogP contribution >= 0.6 is 15.9 Å². The summed E-state index contributed by atoms with van der Waals surface area (Å²) in [4.78, 5) is 12.2. The van der Waals surface area contributed by atoms with Crippen LogP contribution in [0.5, 0.6) is 5.75 Å². The predicted octanol–water partition coefficient (Wildman–Crippen LogP) is 4.51. The Balaban J connectivity index is 1.65. The van der Waals surface area contributed by atoms with Crippen molar-refractivity contribution in [3.05, 3.63) is 69.8 Å².